The van der Waals surface area contributed by atoms with Gasteiger partial charge in [0, 0.05) is 40.9 Å². The standard InChI is InChI=1S/C33H37N5O4S/c1-21(36-29(40)25-11-8-12-26(18-25)33(5,6)20-35-31(41)42-32(2,3)4)28(39)38-30-37-27(19-43-30)24-10-7-9-23(17-24)22-13-15-34-16-14-22/h7-19,21H,20H2,1-6H3,(H,35,41)(H,36,40)(H,37,38,39). The van der Waals surface area contributed by atoms with Crippen LogP contribution in [0.3, 0.4) is 0 Å². The van der Waals surface area contributed by atoms with Crippen molar-refractivity contribution in [2.24, 2.45) is 0 Å². The molecule has 1 atom stereocenters. The van der Waals surface area contributed by atoms with E-state index < -0.39 is 23.2 Å². The van der Waals surface area contributed by atoms with Crippen LogP contribution in [0.5, 0.6) is 0 Å². The number of carbonyl (C=O) groups is 3. The minimum absolute atomic E-state index is 0.315. The van der Waals surface area contributed by atoms with E-state index in [0.29, 0.717) is 17.2 Å². The first-order valence-corrected chi connectivity index (χ1v) is 14.8. The molecule has 0 aliphatic rings. The van der Waals surface area contributed by atoms with Gasteiger partial charge in [-0.15, -0.1) is 11.3 Å². The van der Waals surface area contributed by atoms with Crippen LogP contribution in [0.1, 0.15) is 57.5 Å². The highest BCUT2D eigenvalue weighted by Crippen LogP contribution is 2.29. The Kier molecular flexibility index (Phi) is 9.60. The Balaban J connectivity index is 1.35. The second-order valence-corrected chi connectivity index (χ2v) is 12.7. The summed E-state index contributed by atoms with van der Waals surface area (Å²) in [7, 11) is 0. The van der Waals surface area contributed by atoms with Crippen LogP contribution in [-0.2, 0) is 14.9 Å². The molecule has 10 heteroatoms. The highest BCUT2D eigenvalue weighted by atomic mass is 32.1. The summed E-state index contributed by atoms with van der Waals surface area (Å²) in [5, 5.41) is 10.7. The second kappa shape index (κ2) is 13.2. The van der Waals surface area contributed by atoms with E-state index in [9.17, 15) is 14.4 Å². The summed E-state index contributed by atoms with van der Waals surface area (Å²) >= 11 is 1.32. The Labute approximate surface area is 256 Å². The summed E-state index contributed by atoms with van der Waals surface area (Å²) in [6, 6.07) is 18.2. The molecule has 0 fully saturated rings. The molecule has 3 N–H and O–H groups in total. The molecule has 1 unspecified atom stereocenters. The van der Waals surface area contributed by atoms with E-state index in [-0.39, 0.29) is 11.8 Å². The molecule has 4 aromatic rings. The fraction of sp³-hybridized carbons (Fsp3) is 0.303. The van der Waals surface area contributed by atoms with Crippen molar-refractivity contribution in [2.75, 3.05) is 11.9 Å². The molecule has 0 saturated carbocycles. The molecule has 224 valence electrons. The van der Waals surface area contributed by atoms with Gasteiger partial charge in [-0.2, -0.15) is 0 Å². The van der Waals surface area contributed by atoms with Crippen LogP contribution in [0, 0.1) is 0 Å². The quantitative estimate of drug-likeness (QED) is 0.204. The lowest BCUT2D eigenvalue weighted by atomic mass is 9.84. The van der Waals surface area contributed by atoms with Gasteiger partial charge in [0.1, 0.15) is 11.6 Å². The van der Waals surface area contributed by atoms with E-state index in [0.717, 1.165) is 27.9 Å². The number of nitrogens with zero attached hydrogens (tertiary/aromatic N) is 2. The Morgan fingerprint density at radius 1 is 0.907 bits per heavy atom. The van der Waals surface area contributed by atoms with E-state index in [1.54, 1.807) is 58.3 Å². The molecular weight excluding hydrogens is 562 g/mol. The third-order valence-corrected chi connectivity index (χ3v) is 7.38. The number of aromatic nitrogens is 2. The molecule has 2 aromatic carbocycles. The molecule has 0 saturated heterocycles. The van der Waals surface area contributed by atoms with E-state index in [4.69, 9.17) is 4.74 Å². The van der Waals surface area contributed by atoms with Crippen molar-refractivity contribution in [1.29, 1.82) is 0 Å². The predicted molar refractivity (Wildman–Crippen MR) is 170 cm³/mol. The predicted octanol–water partition coefficient (Wildman–Crippen LogP) is 6.43. The number of rotatable bonds is 9. The first-order chi connectivity index (χ1) is 20.3. The van der Waals surface area contributed by atoms with Crippen molar-refractivity contribution < 1.29 is 19.1 Å². The van der Waals surface area contributed by atoms with E-state index in [2.05, 4.69) is 25.9 Å². The van der Waals surface area contributed by atoms with Gasteiger partial charge in [-0.1, -0.05) is 44.2 Å². The smallest absolute Gasteiger partial charge is 0.407 e. The zero-order valence-corrected chi connectivity index (χ0v) is 26.0. The third-order valence-electron chi connectivity index (χ3n) is 6.63. The maximum atomic E-state index is 13.1. The monoisotopic (exact) mass is 599 g/mol. The minimum atomic E-state index is -0.805. The average molecular weight is 600 g/mol. The summed E-state index contributed by atoms with van der Waals surface area (Å²) in [5.41, 5.74) is 3.97. The molecule has 9 nitrogen and oxygen atoms in total. The minimum Gasteiger partial charge on any atom is -0.444 e. The molecule has 0 spiro atoms. The van der Waals surface area contributed by atoms with Crippen molar-refractivity contribution in [1.82, 2.24) is 20.6 Å². The number of anilines is 1. The Morgan fingerprint density at radius 2 is 1.60 bits per heavy atom. The van der Waals surface area contributed by atoms with Gasteiger partial charge in [0.15, 0.2) is 5.13 Å². The molecule has 0 aliphatic carbocycles. The average Bonchev–Trinajstić information content (AvgIpc) is 3.44. The maximum Gasteiger partial charge on any atom is 0.407 e. The highest BCUT2D eigenvalue weighted by molar-refractivity contribution is 7.14. The first-order valence-electron chi connectivity index (χ1n) is 14.0. The molecule has 2 heterocycles. The van der Waals surface area contributed by atoms with Crippen molar-refractivity contribution in [3.05, 3.63) is 89.6 Å². The van der Waals surface area contributed by atoms with Crippen LogP contribution >= 0.6 is 11.3 Å². The lowest BCUT2D eigenvalue weighted by molar-refractivity contribution is -0.117. The normalized spacial score (nSPS) is 12.2. The van der Waals surface area contributed by atoms with E-state index in [1.807, 2.05) is 61.7 Å². The van der Waals surface area contributed by atoms with Gasteiger partial charge in [0.2, 0.25) is 5.91 Å². The van der Waals surface area contributed by atoms with Gasteiger partial charge in [0.05, 0.1) is 5.69 Å². The second-order valence-electron chi connectivity index (χ2n) is 11.9. The molecule has 2 aromatic heterocycles. The fourth-order valence-corrected chi connectivity index (χ4v) is 4.94. The number of nitrogens with one attached hydrogen (secondary N) is 3. The van der Waals surface area contributed by atoms with Crippen molar-refractivity contribution in [3.8, 4) is 22.4 Å². The number of amides is 3. The van der Waals surface area contributed by atoms with Crippen LogP contribution in [0.25, 0.3) is 22.4 Å². The lowest BCUT2D eigenvalue weighted by Crippen LogP contribution is -2.42. The first kappa shape index (κ1) is 31.4. The molecule has 0 bridgehead atoms. The Hall–Kier alpha value is -4.57. The van der Waals surface area contributed by atoms with Crippen molar-refractivity contribution in [3.63, 3.8) is 0 Å². The van der Waals surface area contributed by atoms with Gasteiger partial charge in [-0.25, -0.2) is 9.78 Å². The lowest BCUT2D eigenvalue weighted by Gasteiger charge is -2.27. The number of alkyl carbamates (subject to hydrolysis) is 1. The van der Waals surface area contributed by atoms with Gasteiger partial charge < -0.3 is 20.7 Å². The van der Waals surface area contributed by atoms with Gasteiger partial charge in [-0.3, -0.25) is 14.6 Å². The fourth-order valence-electron chi connectivity index (χ4n) is 4.22. The van der Waals surface area contributed by atoms with Crippen LogP contribution in [-0.4, -0.2) is 46.1 Å². The van der Waals surface area contributed by atoms with Crippen LogP contribution < -0.4 is 16.0 Å². The van der Waals surface area contributed by atoms with E-state index >= 15 is 0 Å². The summed E-state index contributed by atoms with van der Waals surface area (Å²) < 4.78 is 5.33. The summed E-state index contributed by atoms with van der Waals surface area (Å²) in [5.74, 6) is -0.758. The zero-order chi connectivity index (χ0) is 31.2. The van der Waals surface area contributed by atoms with Crippen LogP contribution in [0.2, 0.25) is 0 Å². The summed E-state index contributed by atoms with van der Waals surface area (Å²) in [6.45, 7) is 11.3. The highest BCUT2D eigenvalue weighted by Gasteiger charge is 2.25. The number of pyridine rings is 1. The number of thiazole rings is 1. The molecule has 0 radical (unpaired) electrons. The zero-order valence-electron chi connectivity index (χ0n) is 25.2. The van der Waals surface area contributed by atoms with Crippen molar-refractivity contribution in [2.45, 2.75) is 58.6 Å². The number of hydrogen-bond donors (Lipinski definition) is 3. The van der Waals surface area contributed by atoms with Crippen LogP contribution in [0.15, 0.2) is 78.4 Å². The largest absolute Gasteiger partial charge is 0.444 e. The number of carbonyl (C=O) groups excluding carboxylic acids is 3. The van der Waals surface area contributed by atoms with Crippen LogP contribution in [0.4, 0.5) is 9.93 Å². The van der Waals surface area contributed by atoms with Crippen molar-refractivity contribution >= 4 is 34.4 Å². The van der Waals surface area contributed by atoms with Gasteiger partial charge in [0.25, 0.3) is 5.91 Å². The van der Waals surface area contributed by atoms with Gasteiger partial charge in [-0.05, 0) is 74.7 Å². The maximum absolute atomic E-state index is 13.1. The molecule has 4 rings (SSSR count). The Bertz CT molecular complexity index is 1590. The number of benzene rings is 2. The molecule has 0 aliphatic heterocycles. The van der Waals surface area contributed by atoms with Gasteiger partial charge >= 0.3 is 6.09 Å². The summed E-state index contributed by atoms with van der Waals surface area (Å²) in [6.07, 6.45) is 3.01. The number of ether oxygens (including phenoxy) is 1. The molecule has 3 amide bonds. The third kappa shape index (κ3) is 8.71. The number of hydrogen-bond acceptors (Lipinski definition) is 7. The topological polar surface area (TPSA) is 122 Å². The Morgan fingerprint density at radius 3 is 2.33 bits per heavy atom. The summed E-state index contributed by atoms with van der Waals surface area (Å²) in [4.78, 5) is 46.8. The SMILES string of the molecule is CC(NC(=O)c1cccc(C(C)(C)CNC(=O)OC(C)(C)C)c1)C(=O)Nc1nc(-c2cccc(-c3ccncc3)c2)cs1. The van der Waals surface area contributed by atoms with E-state index in [1.165, 1.54) is 11.3 Å². The molecule has 43 heavy (non-hydrogen) atoms. The molecular formula is C33H37N5O4S.